The first kappa shape index (κ1) is 18.9. The quantitative estimate of drug-likeness (QED) is 0.798. The van der Waals surface area contributed by atoms with Gasteiger partial charge in [0.1, 0.15) is 11.6 Å². The number of nitrogens with one attached hydrogen (secondary N) is 2. The fourth-order valence-electron chi connectivity index (χ4n) is 2.92. The van der Waals surface area contributed by atoms with E-state index in [0.29, 0.717) is 5.82 Å². The van der Waals surface area contributed by atoms with Crippen LogP contribution in [0.5, 0.6) is 0 Å². The van der Waals surface area contributed by atoms with Crippen LogP contribution in [0.2, 0.25) is 0 Å². The van der Waals surface area contributed by atoms with Gasteiger partial charge in [0, 0.05) is 24.8 Å². The molecule has 1 aliphatic heterocycles. The van der Waals surface area contributed by atoms with Crippen molar-refractivity contribution in [1.82, 2.24) is 15.3 Å². The van der Waals surface area contributed by atoms with Crippen LogP contribution >= 0.6 is 0 Å². The number of amides is 2. The van der Waals surface area contributed by atoms with Gasteiger partial charge in [-0.3, -0.25) is 0 Å². The Bertz CT molecular complexity index is 840. The average Bonchev–Trinajstić information content (AvgIpc) is 2.67. The number of urea groups is 1. The molecule has 0 bridgehead atoms. The lowest BCUT2D eigenvalue weighted by molar-refractivity contribution is 0.251. The van der Waals surface area contributed by atoms with Crippen LogP contribution in [0.15, 0.2) is 18.2 Å². The largest absolute Gasteiger partial charge is 0.357 e. The van der Waals surface area contributed by atoms with Gasteiger partial charge in [0.2, 0.25) is 0 Å². The second-order valence-electron chi connectivity index (χ2n) is 6.36. The zero-order valence-corrected chi connectivity index (χ0v) is 14.9. The van der Waals surface area contributed by atoms with E-state index in [9.17, 15) is 18.0 Å². The summed E-state index contributed by atoms with van der Waals surface area (Å²) < 4.78 is 39.8. The normalized spacial score (nSPS) is 14.1. The van der Waals surface area contributed by atoms with Crippen LogP contribution in [0.25, 0.3) is 0 Å². The van der Waals surface area contributed by atoms with Gasteiger partial charge in [0.25, 0.3) is 0 Å². The van der Waals surface area contributed by atoms with Crippen molar-refractivity contribution in [3.63, 3.8) is 0 Å². The molecular weight excluding hydrogens is 359 g/mol. The first-order valence-electron chi connectivity index (χ1n) is 8.72. The van der Waals surface area contributed by atoms with Gasteiger partial charge in [-0.2, -0.15) is 0 Å². The molecule has 27 heavy (non-hydrogen) atoms. The Hall–Kier alpha value is -2.84. The van der Waals surface area contributed by atoms with E-state index in [1.807, 2.05) is 13.0 Å². The van der Waals surface area contributed by atoms with Crippen LogP contribution in [0.3, 0.4) is 0 Å². The summed E-state index contributed by atoms with van der Waals surface area (Å²) in [4.78, 5) is 22.9. The van der Waals surface area contributed by atoms with Crippen LogP contribution in [0, 0.1) is 24.4 Å². The second-order valence-corrected chi connectivity index (χ2v) is 6.36. The molecule has 0 spiro atoms. The van der Waals surface area contributed by atoms with Crippen molar-refractivity contribution >= 4 is 17.5 Å². The van der Waals surface area contributed by atoms with Gasteiger partial charge < -0.3 is 15.5 Å². The van der Waals surface area contributed by atoms with Crippen molar-refractivity contribution in [2.24, 2.45) is 0 Å². The molecule has 2 N–H and O–H groups in total. The second kappa shape index (κ2) is 8.24. The number of hydrogen-bond donors (Lipinski definition) is 2. The molecule has 9 heteroatoms. The van der Waals surface area contributed by atoms with Gasteiger partial charge in [0.15, 0.2) is 17.5 Å². The number of nitrogens with zero attached hydrogens (tertiary/aromatic N) is 3. The minimum absolute atomic E-state index is 0.0135. The molecular formula is C18H20F3N5O. The smallest absolute Gasteiger partial charge is 0.319 e. The zero-order valence-electron chi connectivity index (χ0n) is 14.9. The minimum Gasteiger partial charge on any atom is -0.357 e. The number of carbonyl (C=O) groups excluding carboxylic acids is 1. The van der Waals surface area contributed by atoms with Gasteiger partial charge in [0.05, 0.1) is 12.2 Å². The highest BCUT2D eigenvalue weighted by molar-refractivity contribution is 5.89. The molecule has 1 fully saturated rings. The van der Waals surface area contributed by atoms with Crippen LogP contribution in [0.1, 0.15) is 30.8 Å². The molecule has 3 rings (SSSR count). The Labute approximate surface area is 154 Å². The monoisotopic (exact) mass is 379 g/mol. The Morgan fingerprint density at radius 3 is 2.59 bits per heavy atom. The van der Waals surface area contributed by atoms with Crippen molar-refractivity contribution in [2.45, 2.75) is 32.7 Å². The van der Waals surface area contributed by atoms with Gasteiger partial charge in [-0.1, -0.05) is 0 Å². The van der Waals surface area contributed by atoms with E-state index >= 15 is 0 Å². The molecule has 0 radical (unpaired) electrons. The number of benzene rings is 1. The van der Waals surface area contributed by atoms with Crippen molar-refractivity contribution in [2.75, 3.05) is 23.3 Å². The Morgan fingerprint density at radius 1 is 1.11 bits per heavy atom. The summed E-state index contributed by atoms with van der Waals surface area (Å²) >= 11 is 0. The van der Waals surface area contributed by atoms with E-state index in [2.05, 4.69) is 25.5 Å². The number of anilines is 2. The molecule has 1 aliphatic rings. The SMILES string of the molecule is Cc1cc(N2CCCCC2)nc(CNC(=O)Nc2ccc(F)c(F)c2F)n1. The highest BCUT2D eigenvalue weighted by Gasteiger charge is 2.16. The predicted molar refractivity (Wildman–Crippen MR) is 95.0 cm³/mol. The number of rotatable bonds is 4. The standard InChI is InChI=1S/C18H20F3N5O/c1-11-9-15(26-7-3-2-4-8-26)25-14(23-11)10-22-18(27)24-13-6-5-12(19)16(20)17(13)21/h5-6,9H,2-4,7-8,10H2,1H3,(H2,22,24,27). The highest BCUT2D eigenvalue weighted by atomic mass is 19.2. The van der Waals surface area contributed by atoms with E-state index in [4.69, 9.17) is 0 Å². The minimum atomic E-state index is -1.64. The van der Waals surface area contributed by atoms with E-state index in [1.165, 1.54) is 6.42 Å². The maximum absolute atomic E-state index is 13.6. The molecule has 144 valence electrons. The summed E-state index contributed by atoms with van der Waals surface area (Å²) in [5.41, 5.74) is 0.319. The molecule has 0 saturated carbocycles. The van der Waals surface area contributed by atoms with Crippen molar-refractivity contribution in [1.29, 1.82) is 0 Å². The predicted octanol–water partition coefficient (Wildman–Crippen LogP) is 3.51. The molecule has 2 amide bonds. The Kier molecular flexibility index (Phi) is 5.78. The highest BCUT2D eigenvalue weighted by Crippen LogP contribution is 2.20. The fourth-order valence-corrected chi connectivity index (χ4v) is 2.92. The summed E-state index contributed by atoms with van der Waals surface area (Å²) in [6.45, 7) is 3.72. The van der Waals surface area contributed by atoms with Gasteiger partial charge in [-0.25, -0.2) is 27.9 Å². The molecule has 0 atom stereocenters. The third kappa shape index (κ3) is 4.66. The first-order chi connectivity index (χ1) is 12.9. The number of carbonyl (C=O) groups is 1. The molecule has 0 aliphatic carbocycles. The lowest BCUT2D eigenvalue weighted by Gasteiger charge is -2.28. The maximum Gasteiger partial charge on any atom is 0.319 e. The molecule has 0 unspecified atom stereocenters. The molecule has 2 aromatic rings. The van der Waals surface area contributed by atoms with Crippen LogP contribution in [0.4, 0.5) is 29.5 Å². The van der Waals surface area contributed by atoms with Crippen molar-refractivity contribution < 1.29 is 18.0 Å². The summed E-state index contributed by atoms with van der Waals surface area (Å²) in [5, 5.41) is 4.63. The van der Waals surface area contributed by atoms with Gasteiger partial charge in [-0.15, -0.1) is 0 Å². The van der Waals surface area contributed by atoms with Gasteiger partial charge >= 0.3 is 6.03 Å². The fraction of sp³-hybridized carbons (Fsp3) is 0.389. The van der Waals surface area contributed by atoms with E-state index in [-0.39, 0.29) is 6.54 Å². The molecule has 2 heterocycles. The average molecular weight is 379 g/mol. The summed E-state index contributed by atoms with van der Waals surface area (Å²) in [5.74, 6) is -3.19. The number of piperidine rings is 1. The lowest BCUT2D eigenvalue weighted by Crippen LogP contribution is -2.32. The Balaban J connectivity index is 1.63. The molecule has 1 saturated heterocycles. The number of hydrogen-bond acceptors (Lipinski definition) is 4. The number of aromatic nitrogens is 2. The van der Waals surface area contributed by atoms with Crippen LogP contribution < -0.4 is 15.5 Å². The zero-order chi connectivity index (χ0) is 19.4. The van der Waals surface area contributed by atoms with E-state index in [0.717, 1.165) is 49.6 Å². The molecule has 1 aromatic carbocycles. The number of halogens is 3. The summed E-state index contributed by atoms with van der Waals surface area (Å²) in [6, 6.07) is 2.81. The van der Waals surface area contributed by atoms with E-state index in [1.54, 1.807) is 0 Å². The summed E-state index contributed by atoms with van der Waals surface area (Å²) in [6.07, 6.45) is 3.42. The van der Waals surface area contributed by atoms with Crippen LogP contribution in [-0.4, -0.2) is 29.1 Å². The number of aryl methyl sites for hydroxylation is 1. The first-order valence-corrected chi connectivity index (χ1v) is 8.72. The third-order valence-corrected chi connectivity index (χ3v) is 4.26. The van der Waals surface area contributed by atoms with Gasteiger partial charge in [-0.05, 0) is 38.3 Å². The lowest BCUT2D eigenvalue weighted by atomic mass is 10.1. The molecule has 1 aromatic heterocycles. The maximum atomic E-state index is 13.6. The van der Waals surface area contributed by atoms with Crippen LogP contribution in [-0.2, 0) is 6.54 Å². The van der Waals surface area contributed by atoms with Crippen molar-refractivity contribution in [3.05, 3.63) is 47.2 Å². The van der Waals surface area contributed by atoms with E-state index < -0.39 is 29.2 Å². The summed E-state index contributed by atoms with van der Waals surface area (Å²) in [7, 11) is 0. The van der Waals surface area contributed by atoms with Crippen molar-refractivity contribution in [3.8, 4) is 0 Å². The Morgan fingerprint density at radius 2 is 1.85 bits per heavy atom. The third-order valence-electron chi connectivity index (χ3n) is 4.26. The topological polar surface area (TPSA) is 70.2 Å². The molecule has 6 nitrogen and oxygen atoms in total.